The Kier molecular flexibility index (Phi) is 4.26. The summed E-state index contributed by atoms with van der Waals surface area (Å²) in [4.78, 5) is 22.3. The number of hydrogen-bond donors (Lipinski definition) is 2. The third kappa shape index (κ3) is 2.59. The van der Waals surface area contributed by atoms with E-state index in [0.29, 0.717) is 24.0 Å². The first-order valence-electron chi connectivity index (χ1n) is 5.80. The van der Waals surface area contributed by atoms with Crippen LogP contribution >= 0.6 is 0 Å². The van der Waals surface area contributed by atoms with Gasteiger partial charge in [-0.3, -0.25) is 4.79 Å². The van der Waals surface area contributed by atoms with E-state index in [1.165, 1.54) is 0 Å². The molecule has 0 aliphatic rings. The molecule has 0 radical (unpaired) electrons. The number of carbonyl (C=O) groups excluding carboxylic acids is 1. The number of carboxylic acid groups (broad SMARTS) is 1. The van der Waals surface area contributed by atoms with Crippen LogP contribution in [0.4, 0.5) is 0 Å². The van der Waals surface area contributed by atoms with E-state index in [0.717, 1.165) is 5.56 Å². The molecule has 0 aliphatic heterocycles. The predicted molar refractivity (Wildman–Crippen MR) is 70.4 cm³/mol. The number of primary amides is 1. The highest BCUT2D eigenvalue weighted by Gasteiger charge is 2.16. The summed E-state index contributed by atoms with van der Waals surface area (Å²) in [7, 11) is 0. The zero-order valence-electron chi connectivity index (χ0n) is 10.6. The Balaban J connectivity index is 3.49. The molecule has 0 fully saturated rings. The van der Waals surface area contributed by atoms with Gasteiger partial charge in [-0.05, 0) is 41.7 Å². The van der Waals surface area contributed by atoms with Gasteiger partial charge in [0.05, 0.1) is 5.56 Å². The maximum Gasteiger partial charge on any atom is 0.335 e. The molecule has 0 bridgehead atoms. The number of aryl methyl sites for hydroxylation is 2. The molecule has 1 aromatic carbocycles. The van der Waals surface area contributed by atoms with E-state index >= 15 is 0 Å². The van der Waals surface area contributed by atoms with Gasteiger partial charge >= 0.3 is 5.97 Å². The lowest BCUT2D eigenvalue weighted by atomic mass is 9.92. The van der Waals surface area contributed by atoms with Gasteiger partial charge in [-0.25, -0.2) is 4.79 Å². The minimum absolute atomic E-state index is 0.221. The lowest BCUT2D eigenvalue weighted by molar-refractivity contribution is -0.112. The largest absolute Gasteiger partial charge is 0.478 e. The number of amides is 1. The quantitative estimate of drug-likeness (QED) is 0.781. The molecule has 18 heavy (non-hydrogen) atoms. The first-order chi connectivity index (χ1) is 8.42. The number of hydrogen-bond acceptors (Lipinski definition) is 2. The Morgan fingerprint density at radius 2 is 1.61 bits per heavy atom. The Morgan fingerprint density at radius 3 is 2.00 bits per heavy atom. The first-order valence-corrected chi connectivity index (χ1v) is 5.80. The van der Waals surface area contributed by atoms with Crippen molar-refractivity contribution < 1.29 is 14.7 Å². The van der Waals surface area contributed by atoms with Crippen molar-refractivity contribution in [1.29, 1.82) is 0 Å². The zero-order valence-corrected chi connectivity index (χ0v) is 10.6. The van der Waals surface area contributed by atoms with Crippen LogP contribution in [0.3, 0.4) is 0 Å². The second kappa shape index (κ2) is 5.49. The normalized spacial score (nSPS) is 10.1. The minimum Gasteiger partial charge on any atom is -0.478 e. The summed E-state index contributed by atoms with van der Waals surface area (Å²) in [6, 6.07) is 3.31. The molecule has 4 nitrogen and oxygen atoms in total. The summed E-state index contributed by atoms with van der Waals surface area (Å²) in [5, 5.41) is 9.14. The highest BCUT2D eigenvalue weighted by Crippen LogP contribution is 2.24. The van der Waals surface area contributed by atoms with Gasteiger partial charge < -0.3 is 10.8 Å². The average Bonchev–Trinajstić information content (AvgIpc) is 2.35. The van der Waals surface area contributed by atoms with Crippen LogP contribution in [0.25, 0.3) is 5.57 Å². The third-order valence-corrected chi connectivity index (χ3v) is 2.94. The minimum atomic E-state index is -0.960. The second-order valence-corrected chi connectivity index (χ2v) is 4.02. The lowest BCUT2D eigenvalue weighted by Gasteiger charge is -2.13. The molecule has 1 aromatic rings. The van der Waals surface area contributed by atoms with Gasteiger partial charge in [0.2, 0.25) is 5.91 Å². The van der Waals surface area contributed by atoms with Gasteiger partial charge in [-0.15, -0.1) is 0 Å². The highest BCUT2D eigenvalue weighted by molar-refractivity contribution is 6.18. The van der Waals surface area contributed by atoms with Crippen molar-refractivity contribution >= 4 is 17.4 Å². The topological polar surface area (TPSA) is 80.4 Å². The van der Waals surface area contributed by atoms with Crippen LogP contribution < -0.4 is 5.73 Å². The molecule has 0 atom stereocenters. The predicted octanol–water partition coefficient (Wildman–Crippen LogP) is 2.01. The van der Waals surface area contributed by atoms with Crippen molar-refractivity contribution in [3.05, 3.63) is 41.0 Å². The van der Waals surface area contributed by atoms with E-state index in [1.54, 1.807) is 12.1 Å². The fourth-order valence-electron chi connectivity index (χ4n) is 1.89. The van der Waals surface area contributed by atoms with E-state index < -0.39 is 11.9 Å². The summed E-state index contributed by atoms with van der Waals surface area (Å²) in [6.07, 6.45) is 1.19. The smallest absolute Gasteiger partial charge is 0.335 e. The summed E-state index contributed by atoms with van der Waals surface area (Å²) < 4.78 is 0. The van der Waals surface area contributed by atoms with Crippen LogP contribution in [-0.4, -0.2) is 17.0 Å². The molecule has 0 aromatic heterocycles. The van der Waals surface area contributed by atoms with Crippen molar-refractivity contribution in [2.45, 2.75) is 26.7 Å². The SMILES string of the molecule is C=C(C(N)=O)c1cc(CC)c(C(=O)O)cc1CC. The monoisotopic (exact) mass is 247 g/mol. The highest BCUT2D eigenvalue weighted by atomic mass is 16.4. The number of nitrogens with two attached hydrogens (primary N) is 1. The number of carboxylic acids is 1. The fourth-order valence-corrected chi connectivity index (χ4v) is 1.89. The molecular weight excluding hydrogens is 230 g/mol. The number of benzene rings is 1. The Morgan fingerprint density at radius 1 is 1.17 bits per heavy atom. The van der Waals surface area contributed by atoms with Crippen LogP contribution in [-0.2, 0) is 17.6 Å². The molecule has 96 valence electrons. The van der Waals surface area contributed by atoms with E-state index in [4.69, 9.17) is 10.8 Å². The van der Waals surface area contributed by atoms with Gasteiger partial charge in [0, 0.05) is 5.57 Å². The van der Waals surface area contributed by atoms with Gasteiger partial charge in [0.15, 0.2) is 0 Å². The zero-order chi connectivity index (χ0) is 13.9. The van der Waals surface area contributed by atoms with E-state index in [-0.39, 0.29) is 11.1 Å². The van der Waals surface area contributed by atoms with Crippen LogP contribution in [0.1, 0.15) is 40.9 Å². The average molecular weight is 247 g/mol. The van der Waals surface area contributed by atoms with E-state index in [2.05, 4.69) is 6.58 Å². The number of aromatic carboxylic acids is 1. The lowest BCUT2D eigenvalue weighted by Crippen LogP contribution is -2.14. The molecule has 0 heterocycles. The van der Waals surface area contributed by atoms with Gasteiger partial charge in [0.1, 0.15) is 0 Å². The summed E-state index contributed by atoms with van der Waals surface area (Å²) in [5.41, 5.74) is 7.82. The van der Waals surface area contributed by atoms with Gasteiger partial charge in [-0.1, -0.05) is 20.4 Å². The van der Waals surface area contributed by atoms with Crippen LogP contribution in [0, 0.1) is 0 Å². The van der Waals surface area contributed by atoms with Crippen LogP contribution in [0.5, 0.6) is 0 Å². The Hall–Kier alpha value is -2.10. The van der Waals surface area contributed by atoms with Crippen LogP contribution in [0.15, 0.2) is 18.7 Å². The molecule has 3 N–H and O–H groups in total. The van der Waals surface area contributed by atoms with Crippen molar-refractivity contribution in [3.63, 3.8) is 0 Å². The van der Waals surface area contributed by atoms with Crippen molar-refractivity contribution in [3.8, 4) is 0 Å². The Labute approximate surface area is 106 Å². The van der Waals surface area contributed by atoms with E-state index in [1.807, 2.05) is 13.8 Å². The molecule has 1 amide bonds. The van der Waals surface area contributed by atoms with Gasteiger partial charge in [0.25, 0.3) is 0 Å². The molecule has 0 spiro atoms. The molecular formula is C14H17NO3. The second-order valence-electron chi connectivity index (χ2n) is 4.02. The third-order valence-electron chi connectivity index (χ3n) is 2.94. The van der Waals surface area contributed by atoms with E-state index in [9.17, 15) is 9.59 Å². The van der Waals surface area contributed by atoms with Crippen molar-refractivity contribution in [2.24, 2.45) is 5.73 Å². The molecule has 0 saturated heterocycles. The maximum atomic E-state index is 11.2. The first kappa shape index (κ1) is 14.0. The molecule has 0 aliphatic carbocycles. The molecule has 0 saturated carbocycles. The molecule has 1 rings (SSSR count). The fraction of sp³-hybridized carbons (Fsp3) is 0.286. The maximum absolute atomic E-state index is 11.2. The van der Waals surface area contributed by atoms with Crippen molar-refractivity contribution in [2.75, 3.05) is 0 Å². The molecule has 4 heteroatoms. The summed E-state index contributed by atoms with van der Waals surface area (Å²) in [6.45, 7) is 7.42. The van der Waals surface area contributed by atoms with Crippen LogP contribution in [0.2, 0.25) is 0 Å². The standard InChI is InChI=1S/C14H17NO3/c1-4-9-7-12(14(17)18)10(5-2)6-11(9)8(3)13(15)16/h6-7H,3-5H2,1-2H3,(H2,15,16)(H,17,18). The van der Waals surface area contributed by atoms with Gasteiger partial charge in [-0.2, -0.15) is 0 Å². The number of rotatable bonds is 5. The number of carbonyl (C=O) groups is 2. The Bertz CT molecular complexity index is 518. The summed E-state index contributed by atoms with van der Waals surface area (Å²) >= 11 is 0. The summed E-state index contributed by atoms with van der Waals surface area (Å²) in [5.74, 6) is -1.55. The van der Waals surface area contributed by atoms with Crippen molar-refractivity contribution in [1.82, 2.24) is 0 Å². The molecule has 0 unspecified atom stereocenters.